The van der Waals surface area contributed by atoms with Crippen LogP contribution in [0.5, 0.6) is 0 Å². The predicted octanol–water partition coefficient (Wildman–Crippen LogP) is 1.46. The van der Waals surface area contributed by atoms with Gasteiger partial charge < -0.3 is 10.6 Å². The van der Waals surface area contributed by atoms with Crippen LogP contribution in [0, 0.1) is 5.82 Å². The lowest BCUT2D eigenvalue weighted by atomic mass is 10.3. The van der Waals surface area contributed by atoms with E-state index in [0.717, 1.165) is 0 Å². The van der Waals surface area contributed by atoms with Crippen molar-refractivity contribution in [3.05, 3.63) is 42.7 Å². The zero-order valence-corrected chi connectivity index (χ0v) is 9.20. The van der Waals surface area contributed by atoms with Crippen molar-refractivity contribution in [1.82, 2.24) is 5.32 Å². The van der Waals surface area contributed by atoms with Gasteiger partial charge in [-0.1, -0.05) is 18.2 Å². The number of benzene rings is 1. The topological polar surface area (TPSA) is 58.2 Å². The Kier molecular flexibility index (Phi) is 4.87. The number of carbonyl (C=O) groups is 2. The standard InChI is InChI=1S/C12H13FN2O2/c1-2-7-14-11(16)8-12(17)15-10-6-4-3-5-9(10)13/h2-6H,1,7-8H2,(H,14,16)(H,15,17). The number of anilines is 1. The maximum atomic E-state index is 13.2. The molecule has 2 amide bonds. The summed E-state index contributed by atoms with van der Waals surface area (Å²) in [6.45, 7) is 3.72. The van der Waals surface area contributed by atoms with Crippen molar-refractivity contribution in [3.8, 4) is 0 Å². The van der Waals surface area contributed by atoms with Crippen molar-refractivity contribution in [1.29, 1.82) is 0 Å². The molecule has 0 aliphatic carbocycles. The molecule has 90 valence electrons. The second-order valence-electron chi connectivity index (χ2n) is 3.30. The number of carbonyl (C=O) groups excluding carboxylic acids is 2. The third kappa shape index (κ3) is 4.46. The van der Waals surface area contributed by atoms with Crippen molar-refractivity contribution in [3.63, 3.8) is 0 Å². The molecule has 0 aliphatic rings. The molecular weight excluding hydrogens is 223 g/mol. The molecule has 0 aliphatic heterocycles. The molecule has 0 saturated carbocycles. The highest BCUT2D eigenvalue weighted by molar-refractivity contribution is 6.03. The van der Waals surface area contributed by atoms with Crippen molar-refractivity contribution >= 4 is 17.5 Å². The molecule has 1 aromatic carbocycles. The fourth-order valence-electron chi connectivity index (χ4n) is 1.15. The molecule has 2 N–H and O–H groups in total. The van der Waals surface area contributed by atoms with E-state index in [1.807, 2.05) is 0 Å². The minimum Gasteiger partial charge on any atom is -0.352 e. The molecule has 0 aromatic heterocycles. The van der Waals surface area contributed by atoms with Crippen LogP contribution in [0.3, 0.4) is 0 Å². The zero-order chi connectivity index (χ0) is 12.7. The Morgan fingerprint density at radius 3 is 2.65 bits per heavy atom. The number of halogens is 1. The summed E-state index contributed by atoms with van der Waals surface area (Å²) in [7, 11) is 0. The molecule has 0 heterocycles. The lowest BCUT2D eigenvalue weighted by Gasteiger charge is -2.06. The molecule has 0 bridgehead atoms. The van der Waals surface area contributed by atoms with E-state index in [1.54, 1.807) is 6.07 Å². The normalized spacial score (nSPS) is 9.47. The van der Waals surface area contributed by atoms with Crippen LogP contribution in [0.15, 0.2) is 36.9 Å². The Morgan fingerprint density at radius 1 is 1.29 bits per heavy atom. The maximum Gasteiger partial charge on any atom is 0.233 e. The van der Waals surface area contributed by atoms with Crippen LogP contribution < -0.4 is 10.6 Å². The minimum absolute atomic E-state index is 0.0639. The smallest absolute Gasteiger partial charge is 0.233 e. The summed E-state index contributed by atoms with van der Waals surface area (Å²) in [6.07, 6.45) is 1.16. The average Bonchev–Trinajstić information content (AvgIpc) is 2.29. The molecule has 1 aromatic rings. The Bertz CT molecular complexity index is 432. The number of amides is 2. The number of para-hydroxylation sites is 1. The fourth-order valence-corrected chi connectivity index (χ4v) is 1.15. The van der Waals surface area contributed by atoms with Gasteiger partial charge in [0.05, 0.1) is 5.69 Å². The van der Waals surface area contributed by atoms with Gasteiger partial charge in [0.15, 0.2) is 0 Å². The third-order valence-corrected chi connectivity index (χ3v) is 1.91. The van der Waals surface area contributed by atoms with Crippen molar-refractivity contribution in [2.45, 2.75) is 6.42 Å². The molecule has 5 heteroatoms. The first-order valence-electron chi connectivity index (χ1n) is 5.05. The van der Waals surface area contributed by atoms with Gasteiger partial charge >= 0.3 is 0 Å². The molecule has 0 fully saturated rings. The lowest BCUT2D eigenvalue weighted by Crippen LogP contribution is -2.28. The maximum absolute atomic E-state index is 13.2. The van der Waals surface area contributed by atoms with E-state index >= 15 is 0 Å². The Hall–Kier alpha value is -2.17. The fraction of sp³-hybridized carbons (Fsp3) is 0.167. The predicted molar refractivity (Wildman–Crippen MR) is 62.9 cm³/mol. The first kappa shape index (κ1) is 12.9. The van der Waals surface area contributed by atoms with E-state index in [-0.39, 0.29) is 12.1 Å². The number of rotatable bonds is 5. The Labute approximate surface area is 98.5 Å². The second kappa shape index (κ2) is 6.42. The number of nitrogens with one attached hydrogen (secondary N) is 2. The van der Waals surface area contributed by atoms with Gasteiger partial charge in [-0.25, -0.2) is 4.39 Å². The van der Waals surface area contributed by atoms with Crippen molar-refractivity contribution < 1.29 is 14.0 Å². The van der Waals surface area contributed by atoms with Gasteiger partial charge in [-0.2, -0.15) is 0 Å². The summed E-state index contributed by atoms with van der Waals surface area (Å²) in [5.41, 5.74) is 0.0639. The van der Waals surface area contributed by atoms with E-state index in [9.17, 15) is 14.0 Å². The molecule has 0 unspecified atom stereocenters. The number of hydrogen-bond acceptors (Lipinski definition) is 2. The Balaban J connectivity index is 2.47. The largest absolute Gasteiger partial charge is 0.352 e. The molecule has 1 rings (SSSR count). The van der Waals surface area contributed by atoms with Crippen LogP contribution in [-0.2, 0) is 9.59 Å². The summed E-state index contributed by atoms with van der Waals surface area (Å²) in [5.74, 6) is -1.53. The zero-order valence-electron chi connectivity index (χ0n) is 9.20. The van der Waals surface area contributed by atoms with Crippen molar-refractivity contribution in [2.24, 2.45) is 0 Å². The Morgan fingerprint density at radius 2 is 2.00 bits per heavy atom. The molecular formula is C12H13FN2O2. The lowest BCUT2D eigenvalue weighted by molar-refractivity contribution is -0.126. The summed E-state index contributed by atoms with van der Waals surface area (Å²) in [6, 6.07) is 5.76. The van der Waals surface area contributed by atoms with Crippen LogP contribution in [0.1, 0.15) is 6.42 Å². The van der Waals surface area contributed by atoms with Gasteiger partial charge in [0, 0.05) is 6.54 Å². The minimum atomic E-state index is -0.559. The third-order valence-electron chi connectivity index (χ3n) is 1.91. The highest BCUT2D eigenvalue weighted by Gasteiger charge is 2.10. The number of hydrogen-bond donors (Lipinski definition) is 2. The summed E-state index contributed by atoms with van der Waals surface area (Å²) in [4.78, 5) is 22.5. The van der Waals surface area contributed by atoms with Gasteiger partial charge in [0.2, 0.25) is 11.8 Å². The molecule has 0 spiro atoms. The quantitative estimate of drug-likeness (QED) is 0.600. The van der Waals surface area contributed by atoms with Gasteiger partial charge in [0.25, 0.3) is 0 Å². The van der Waals surface area contributed by atoms with Crippen LogP contribution in [-0.4, -0.2) is 18.4 Å². The van der Waals surface area contributed by atoms with Crippen LogP contribution >= 0.6 is 0 Å². The van der Waals surface area contributed by atoms with E-state index in [0.29, 0.717) is 6.54 Å². The average molecular weight is 236 g/mol. The highest BCUT2D eigenvalue weighted by atomic mass is 19.1. The van der Waals surface area contributed by atoms with Gasteiger partial charge in [-0.05, 0) is 12.1 Å². The highest BCUT2D eigenvalue weighted by Crippen LogP contribution is 2.12. The van der Waals surface area contributed by atoms with E-state index in [1.165, 1.54) is 24.3 Å². The van der Waals surface area contributed by atoms with E-state index in [4.69, 9.17) is 0 Å². The van der Waals surface area contributed by atoms with Crippen LogP contribution in [0.2, 0.25) is 0 Å². The summed E-state index contributed by atoms with van der Waals surface area (Å²) >= 11 is 0. The molecule has 0 atom stereocenters. The second-order valence-corrected chi connectivity index (χ2v) is 3.30. The van der Waals surface area contributed by atoms with Gasteiger partial charge in [-0.3, -0.25) is 9.59 Å². The first-order chi connectivity index (χ1) is 8.13. The van der Waals surface area contributed by atoms with E-state index in [2.05, 4.69) is 17.2 Å². The van der Waals surface area contributed by atoms with E-state index < -0.39 is 17.6 Å². The van der Waals surface area contributed by atoms with Crippen LogP contribution in [0.25, 0.3) is 0 Å². The summed E-state index contributed by atoms with van der Waals surface area (Å²) < 4.78 is 13.2. The molecule has 17 heavy (non-hydrogen) atoms. The van der Waals surface area contributed by atoms with Crippen molar-refractivity contribution in [2.75, 3.05) is 11.9 Å². The SMILES string of the molecule is C=CCNC(=O)CC(=O)Nc1ccccc1F. The first-order valence-corrected chi connectivity index (χ1v) is 5.05. The molecule has 0 radical (unpaired) electrons. The summed E-state index contributed by atoms with van der Waals surface area (Å²) in [5, 5.41) is 4.77. The monoisotopic (exact) mass is 236 g/mol. The molecule has 4 nitrogen and oxygen atoms in total. The molecule has 0 saturated heterocycles. The van der Waals surface area contributed by atoms with Gasteiger partial charge in [-0.15, -0.1) is 6.58 Å². The van der Waals surface area contributed by atoms with Crippen LogP contribution in [0.4, 0.5) is 10.1 Å². The van der Waals surface area contributed by atoms with Gasteiger partial charge in [0.1, 0.15) is 12.2 Å².